The number of carbonyl (C=O) groups excluding carboxylic acids is 1. The van der Waals surface area contributed by atoms with Crippen molar-refractivity contribution in [1.29, 1.82) is 0 Å². The van der Waals surface area contributed by atoms with Crippen molar-refractivity contribution in [2.24, 2.45) is 0 Å². The molecule has 9 heteroatoms. The van der Waals surface area contributed by atoms with Crippen LogP contribution in [0.3, 0.4) is 0 Å². The quantitative estimate of drug-likeness (QED) is 0.752. The summed E-state index contributed by atoms with van der Waals surface area (Å²) in [7, 11) is -1.27. The molecule has 0 aliphatic heterocycles. The Morgan fingerprint density at radius 3 is 2.57 bits per heavy atom. The van der Waals surface area contributed by atoms with Gasteiger partial charge in [-0.15, -0.1) is 12.4 Å². The minimum atomic E-state index is -4.00. The van der Waals surface area contributed by atoms with Crippen LogP contribution < -0.4 is 10.0 Å². The van der Waals surface area contributed by atoms with E-state index in [1.54, 1.807) is 14.0 Å². The van der Waals surface area contributed by atoms with Crippen LogP contribution in [0.25, 0.3) is 0 Å². The Hall–Kier alpha value is -1.22. The van der Waals surface area contributed by atoms with Crippen LogP contribution in [0, 0.1) is 5.82 Å². The van der Waals surface area contributed by atoms with E-state index < -0.39 is 32.3 Å². The van der Waals surface area contributed by atoms with Crippen LogP contribution >= 0.6 is 12.4 Å². The molecule has 1 aromatic rings. The zero-order valence-corrected chi connectivity index (χ0v) is 13.5. The first-order valence-corrected chi connectivity index (χ1v) is 7.35. The van der Waals surface area contributed by atoms with Crippen LogP contribution in [0.2, 0.25) is 0 Å². The molecule has 6 nitrogen and oxygen atoms in total. The second kappa shape index (κ2) is 8.28. The summed E-state index contributed by atoms with van der Waals surface area (Å²) in [5.41, 5.74) is -0.598. The molecule has 0 spiro atoms. The van der Waals surface area contributed by atoms with E-state index in [9.17, 15) is 17.6 Å². The molecule has 0 aliphatic rings. The van der Waals surface area contributed by atoms with E-state index >= 15 is 0 Å². The highest BCUT2D eigenvalue weighted by atomic mass is 35.5. The van der Waals surface area contributed by atoms with Crippen LogP contribution in [0.4, 0.5) is 4.39 Å². The second-order valence-corrected chi connectivity index (χ2v) is 5.88. The largest absolute Gasteiger partial charge is 0.465 e. The molecule has 0 aromatic heterocycles. The first kappa shape index (κ1) is 19.8. The van der Waals surface area contributed by atoms with Crippen molar-refractivity contribution in [2.45, 2.75) is 17.9 Å². The van der Waals surface area contributed by atoms with Crippen molar-refractivity contribution in [3.05, 3.63) is 29.6 Å². The monoisotopic (exact) mass is 340 g/mol. The van der Waals surface area contributed by atoms with Gasteiger partial charge in [-0.3, -0.25) is 0 Å². The topological polar surface area (TPSA) is 84.5 Å². The molecule has 0 saturated carbocycles. The minimum Gasteiger partial charge on any atom is -0.465 e. The van der Waals surface area contributed by atoms with Gasteiger partial charge in [-0.25, -0.2) is 22.3 Å². The number of nitrogens with one attached hydrogen (secondary N) is 2. The number of esters is 1. The van der Waals surface area contributed by atoms with Gasteiger partial charge in [0, 0.05) is 12.6 Å². The highest BCUT2D eigenvalue weighted by Gasteiger charge is 2.26. The SMILES string of the molecule is CNC(C)CNS(=O)(=O)c1cccc(F)c1C(=O)OC.Cl. The van der Waals surface area contributed by atoms with Gasteiger partial charge in [-0.1, -0.05) is 6.07 Å². The van der Waals surface area contributed by atoms with Gasteiger partial charge in [0.2, 0.25) is 10.0 Å². The molecule has 0 bridgehead atoms. The van der Waals surface area contributed by atoms with Gasteiger partial charge in [0.1, 0.15) is 11.4 Å². The fourth-order valence-electron chi connectivity index (χ4n) is 1.44. The van der Waals surface area contributed by atoms with Crippen molar-refractivity contribution < 1.29 is 22.3 Å². The molecule has 1 atom stereocenters. The van der Waals surface area contributed by atoms with Gasteiger partial charge in [0.25, 0.3) is 0 Å². The lowest BCUT2D eigenvalue weighted by Crippen LogP contribution is -2.37. The fraction of sp³-hybridized carbons (Fsp3) is 0.417. The number of sulfonamides is 1. The van der Waals surface area contributed by atoms with E-state index in [1.165, 1.54) is 6.07 Å². The van der Waals surface area contributed by atoms with Crippen molar-refractivity contribution in [3.8, 4) is 0 Å². The number of benzene rings is 1. The molecule has 0 aliphatic carbocycles. The van der Waals surface area contributed by atoms with E-state index in [2.05, 4.69) is 14.8 Å². The summed E-state index contributed by atoms with van der Waals surface area (Å²) in [4.78, 5) is 11.1. The molecule has 1 aromatic carbocycles. The zero-order chi connectivity index (χ0) is 15.3. The standard InChI is InChI=1S/C12H17FN2O4S.ClH/c1-8(14-2)7-15-20(17,18)10-6-4-5-9(13)11(10)12(16)19-3;/h4-6,8,14-15H,7H2,1-3H3;1H. The number of carbonyl (C=O) groups is 1. The molecule has 0 amide bonds. The van der Waals surface area contributed by atoms with Crippen molar-refractivity contribution >= 4 is 28.4 Å². The van der Waals surface area contributed by atoms with Gasteiger partial charge < -0.3 is 10.1 Å². The molecule has 21 heavy (non-hydrogen) atoms. The molecular weight excluding hydrogens is 323 g/mol. The Bertz CT molecular complexity index is 595. The van der Waals surface area contributed by atoms with Gasteiger partial charge in [-0.2, -0.15) is 0 Å². The lowest BCUT2D eigenvalue weighted by atomic mass is 10.2. The van der Waals surface area contributed by atoms with E-state index in [0.29, 0.717) is 0 Å². The van der Waals surface area contributed by atoms with E-state index in [-0.39, 0.29) is 25.0 Å². The van der Waals surface area contributed by atoms with Crippen molar-refractivity contribution in [2.75, 3.05) is 20.7 Å². The molecule has 1 rings (SSSR count). The minimum absolute atomic E-state index is 0. The summed E-state index contributed by atoms with van der Waals surface area (Å²) in [6.45, 7) is 1.88. The number of likely N-dealkylation sites (N-methyl/N-ethyl adjacent to an activating group) is 1. The lowest BCUT2D eigenvalue weighted by molar-refractivity contribution is 0.0590. The van der Waals surface area contributed by atoms with Crippen LogP contribution in [-0.2, 0) is 14.8 Å². The van der Waals surface area contributed by atoms with Crippen molar-refractivity contribution in [1.82, 2.24) is 10.0 Å². The van der Waals surface area contributed by atoms with E-state index in [4.69, 9.17) is 0 Å². The number of methoxy groups -OCH3 is 1. The summed E-state index contributed by atoms with van der Waals surface area (Å²) in [5.74, 6) is -1.98. The smallest absolute Gasteiger partial charge is 0.342 e. The molecular formula is C12H18ClFN2O4S. The predicted molar refractivity (Wildman–Crippen MR) is 78.7 cm³/mol. The molecule has 0 radical (unpaired) electrons. The predicted octanol–water partition coefficient (Wildman–Crippen LogP) is 0.920. The summed E-state index contributed by atoms with van der Waals surface area (Å²) in [6, 6.07) is 3.26. The summed E-state index contributed by atoms with van der Waals surface area (Å²) in [6.07, 6.45) is 0. The molecule has 0 heterocycles. The third-order valence-electron chi connectivity index (χ3n) is 2.73. The number of ether oxygens (including phenoxy) is 1. The Kier molecular flexibility index (Phi) is 7.80. The third kappa shape index (κ3) is 4.92. The molecule has 1 unspecified atom stereocenters. The number of rotatable bonds is 6. The summed E-state index contributed by atoms with van der Waals surface area (Å²) < 4.78 is 44.7. The first-order valence-electron chi connectivity index (χ1n) is 5.87. The Labute approximate surface area is 129 Å². The van der Waals surface area contributed by atoms with E-state index in [0.717, 1.165) is 19.2 Å². The lowest BCUT2D eigenvalue weighted by Gasteiger charge is -2.14. The molecule has 2 N–H and O–H groups in total. The second-order valence-electron chi connectivity index (χ2n) is 4.15. The van der Waals surface area contributed by atoms with Crippen LogP contribution in [0.5, 0.6) is 0 Å². The van der Waals surface area contributed by atoms with Crippen molar-refractivity contribution in [3.63, 3.8) is 0 Å². The maximum absolute atomic E-state index is 13.7. The summed E-state index contributed by atoms with van der Waals surface area (Å²) in [5, 5.41) is 2.86. The average Bonchev–Trinajstić information content (AvgIpc) is 2.43. The number of hydrogen-bond donors (Lipinski definition) is 2. The highest BCUT2D eigenvalue weighted by molar-refractivity contribution is 7.89. The average molecular weight is 341 g/mol. The normalized spacial score (nSPS) is 12.4. The van der Waals surface area contributed by atoms with E-state index in [1.807, 2.05) is 0 Å². The third-order valence-corrected chi connectivity index (χ3v) is 4.19. The maximum atomic E-state index is 13.7. The Morgan fingerprint density at radius 1 is 1.43 bits per heavy atom. The summed E-state index contributed by atoms with van der Waals surface area (Å²) >= 11 is 0. The zero-order valence-electron chi connectivity index (χ0n) is 11.8. The van der Waals surface area contributed by atoms with Crippen LogP contribution in [-0.4, -0.2) is 41.1 Å². The highest BCUT2D eigenvalue weighted by Crippen LogP contribution is 2.19. The molecule has 0 saturated heterocycles. The van der Waals surface area contributed by atoms with Gasteiger partial charge >= 0.3 is 5.97 Å². The number of halogens is 2. The number of hydrogen-bond acceptors (Lipinski definition) is 5. The Balaban J connectivity index is 0.00000400. The van der Waals surface area contributed by atoms with Crippen LogP contribution in [0.1, 0.15) is 17.3 Å². The Morgan fingerprint density at radius 2 is 2.05 bits per heavy atom. The van der Waals surface area contributed by atoms with Gasteiger partial charge in [0.15, 0.2) is 0 Å². The molecule has 120 valence electrons. The maximum Gasteiger partial charge on any atom is 0.342 e. The molecule has 0 fully saturated rings. The first-order chi connectivity index (χ1) is 9.33. The van der Waals surface area contributed by atoms with Gasteiger partial charge in [-0.05, 0) is 26.1 Å². The fourth-order valence-corrected chi connectivity index (χ4v) is 2.78. The van der Waals surface area contributed by atoms with Crippen LogP contribution in [0.15, 0.2) is 23.1 Å². The van der Waals surface area contributed by atoms with Gasteiger partial charge in [0.05, 0.1) is 12.0 Å².